The lowest BCUT2D eigenvalue weighted by Crippen LogP contribution is -2.37. The van der Waals surface area contributed by atoms with Crippen LogP contribution in [-0.2, 0) is 9.59 Å². The van der Waals surface area contributed by atoms with E-state index in [0.717, 1.165) is 36.5 Å². The monoisotopic (exact) mass is 381 g/mol. The van der Waals surface area contributed by atoms with E-state index in [9.17, 15) is 9.59 Å². The summed E-state index contributed by atoms with van der Waals surface area (Å²) in [5, 5.41) is 1.95. The van der Waals surface area contributed by atoms with E-state index in [0.29, 0.717) is 17.0 Å². The third kappa shape index (κ3) is 3.14. The molecule has 0 radical (unpaired) electrons. The fourth-order valence-corrected chi connectivity index (χ4v) is 4.47. The van der Waals surface area contributed by atoms with Crippen LogP contribution >= 0.6 is 11.3 Å². The Bertz CT molecular complexity index is 879. The number of nitrogens with zero attached hydrogens (tertiary/aromatic N) is 3. The molecule has 6 heteroatoms. The molecule has 2 aliphatic heterocycles. The Labute approximate surface area is 163 Å². The van der Waals surface area contributed by atoms with E-state index in [2.05, 4.69) is 4.90 Å². The lowest BCUT2D eigenvalue weighted by atomic mass is 10.1. The molecule has 0 saturated carbocycles. The van der Waals surface area contributed by atoms with Crippen molar-refractivity contribution in [1.82, 2.24) is 4.90 Å². The van der Waals surface area contributed by atoms with Crippen LogP contribution in [-0.4, -0.2) is 43.9 Å². The van der Waals surface area contributed by atoms with Gasteiger partial charge in [-0.1, -0.05) is 6.07 Å². The Morgan fingerprint density at radius 2 is 1.63 bits per heavy atom. The lowest BCUT2D eigenvalue weighted by Gasteiger charge is -2.29. The summed E-state index contributed by atoms with van der Waals surface area (Å²) < 4.78 is 0. The molecular formula is C21H23N3O2S. The van der Waals surface area contributed by atoms with Gasteiger partial charge >= 0.3 is 0 Å². The SMILES string of the molecule is CN(C)c1ccc(N2C(=O)C(c3cccs3)=C(N3CCCCC3)C2=O)cc1. The molecule has 2 amide bonds. The summed E-state index contributed by atoms with van der Waals surface area (Å²) in [6.07, 6.45) is 3.29. The van der Waals surface area contributed by atoms with E-state index in [1.54, 1.807) is 0 Å². The van der Waals surface area contributed by atoms with Crippen molar-refractivity contribution >= 4 is 40.1 Å². The fourth-order valence-electron chi connectivity index (χ4n) is 3.71. The minimum absolute atomic E-state index is 0.206. The summed E-state index contributed by atoms with van der Waals surface area (Å²) in [6, 6.07) is 11.4. The van der Waals surface area contributed by atoms with Crippen molar-refractivity contribution in [3.05, 3.63) is 52.4 Å². The van der Waals surface area contributed by atoms with Crippen molar-refractivity contribution in [2.45, 2.75) is 19.3 Å². The maximum absolute atomic E-state index is 13.3. The van der Waals surface area contributed by atoms with Crippen LogP contribution in [0.1, 0.15) is 24.1 Å². The summed E-state index contributed by atoms with van der Waals surface area (Å²) in [7, 11) is 3.93. The zero-order valence-electron chi connectivity index (χ0n) is 15.6. The first-order valence-electron chi connectivity index (χ1n) is 9.27. The van der Waals surface area contributed by atoms with Crippen LogP contribution in [0.5, 0.6) is 0 Å². The predicted octanol–water partition coefficient (Wildman–Crippen LogP) is 3.58. The molecule has 4 rings (SSSR count). The number of imide groups is 1. The highest BCUT2D eigenvalue weighted by Crippen LogP contribution is 2.37. The highest BCUT2D eigenvalue weighted by atomic mass is 32.1. The number of benzene rings is 1. The van der Waals surface area contributed by atoms with Crippen molar-refractivity contribution in [3.8, 4) is 0 Å². The molecule has 0 N–H and O–H groups in total. The number of carbonyl (C=O) groups is 2. The van der Waals surface area contributed by atoms with Crippen LogP contribution in [0.25, 0.3) is 5.57 Å². The van der Waals surface area contributed by atoms with Crippen LogP contribution in [0, 0.1) is 0 Å². The molecule has 27 heavy (non-hydrogen) atoms. The van der Waals surface area contributed by atoms with Crippen LogP contribution < -0.4 is 9.80 Å². The first-order chi connectivity index (χ1) is 13.1. The van der Waals surface area contributed by atoms with Gasteiger partial charge in [-0.3, -0.25) is 9.59 Å². The normalized spacial score (nSPS) is 17.9. The standard InChI is InChI=1S/C21H23N3O2S/c1-22(2)15-8-10-16(11-9-15)24-20(25)18(17-7-6-14-27-17)19(21(24)26)23-12-4-3-5-13-23/h6-11,14H,3-5,12-13H2,1-2H3. The molecule has 5 nitrogen and oxygen atoms in total. The molecular weight excluding hydrogens is 358 g/mol. The van der Waals surface area contributed by atoms with Gasteiger partial charge in [-0.25, -0.2) is 4.90 Å². The first kappa shape index (κ1) is 17.8. The van der Waals surface area contributed by atoms with E-state index in [1.165, 1.54) is 22.7 Å². The van der Waals surface area contributed by atoms with Gasteiger partial charge in [0.05, 0.1) is 11.3 Å². The molecule has 2 aromatic rings. The van der Waals surface area contributed by atoms with E-state index in [-0.39, 0.29) is 11.8 Å². The number of anilines is 2. The molecule has 3 heterocycles. The molecule has 1 aromatic carbocycles. The minimum atomic E-state index is -0.222. The molecule has 0 bridgehead atoms. The van der Waals surface area contributed by atoms with Gasteiger partial charge in [0.25, 0.3) is 11.8 Å². The molecule has 0 spiro atoms. The van der Waals surface area contributed by atoms with Crippen molar-refractivity contribution in [2.24, 2.45) is 0 Å². The smallest absolute Gasteiger partial charge is 0.282 e. The molecule has 140 valence electrons. The number of hydrogen-bond donors (Lipinski definition) is 0. The number of amides is 2. The van der Waals surface area contributed by atoms with Crippen LogP contribution in [0.2, 0.25) is 0 Å². The van der Waals surface area contributed by atoms with Crippen molar-refractivity contribution in [1.29, 1.82) is 0 Å². The van der Waals surface area contributed by atoms with Gasteiger partial charge in [-0.15, -0.1) is 11.3 Å². The second-order valence-corrected chi connectivity index (χ2v) is 8.05. The number of hydrogen-bond acceptors (Lipinski definition) is 5. The van der Waals surface area contributed by atoms with Crippen molar-refractivity contribution in [2.75, 3.05) is 37.0 Å². The van der Waals surface area contributed by atoms with Gasteiger partial charge in [0.1, 0.15) is 5.70 Å². The highest BCUT2D eigenvalue weighted by Gasteiger charge is 2.43. The molecule has 0 unspecified atom stereocenters. The first-order valence-corrected chi connectivity index (χ1v) is 10.1. The number of thiophene rings is 1. The molecule has 1 saturated heterocycles. The van der Waals surface area contributed by atoms with E-state index >= 15 is 0 Å². The van der Waals surface area contributed by atoms with E-state index in [4.69, 9.17) is 0 Å². The van der Waals surface area contributed by atoms with E-state index in [1.807, 2.05) is 60.8 Å². The Kier molecular flexibility index (Phi) is 4.74. The average Bonchev–Trinajstić information content (AvgIpc) is 3.29. The van der Waals surface area contributed by atoms with Gasteiger partial charge in [0.2, 0.25) is 0 Å². The van der Waals surface area contributed by atoms with Crippen LogP contribution in [0.3, 0.4) is 0 Å². The summed E-state index contributed by atoms with van der Waals surface area (Å²) in [5.74, 6) is -0.427. The number of likely N-dealkylation sites (tertiary alicyclic amines) is 1. The van der Waals surface area contributed by atoms with Crippen LogP contribution in [0.15, 0.2) is 47.5 Å². The Morgan fingerprint density at radius 3 is 2.22 bits per heavy atom. The Morgan fingerprint density at radius 1 is 0.926 bits per heavy atom. The number of piperidine rings is 1. The largest absolute Gasteiger partial charge is 0.378 e. The average molecular weight is 382 g/mol. The maximum atomic E-state index is 13.3. The van der Waals surface area contributed by atoms with Gasteiger partial charge < -0.3 is 9.80 Å². The van der Waals surface area contributed by atoms with Gasteiger partial charge in [0.15, 0.2) is 0 Å². The quantitative estimate of drug-likeness (QED) is 0.760. The van der Waals surface area contributed by atoms with Gasteiger partial charge in [-0.05, 0) is 55.0 Å². The molecule has 0 aliphatic carbocycles. The third-order valence-corrected chi connectivity index (χ3v) is 6.01. The minimum Gasteiger partial charge on any atom is -0.378 e. The summed E-state index contributed by atoms with van der Waals surface area (Å²) in [4.78, 5) is 32.9. The van der Waals surface area contributed by atoms with Gasteiger partial charge in [0, 0.05) is 37.7 Å². The molecule has 2 aliphatic rings. The van der Waals surface area contributed by atoms with Gasteiger partial charge in [-0.2, -0.15) is 0 Å². The zero-order valence-corrected chi connectivity index (χ0v) is 16.5. The molecule has 0 atom stereocenters. The lowest BCUT2D eigenvalue weighted by molar-refractivity contribution is -0.120. The summed E-state index contributed by atoms with van der Waals surface area (Å²) >= 11 is 1.51. The van der Waals surface area contributed by atoms with E-state index < -0.39 is 0 Å². The Hall–Kier alpha value is -2.60. The Balaban J connectivity index is 1.75. The topological polar surface area (TPSA) is 43.9 Å². The summed E-state index contributed by atoms with van der Waals surface area (Å²) in [5.41, 5.74) is 2.77. The predicted molar refractivity (Wildman–Crippen MR) is 110 cm³/mol. The fraction of sp³-hybridized carbons (Fsp3) is 0.333. The summed E-state index contributed by atoms with van der Waals surface area (Å²) in [6.45, 7) is 1.66. The second kappa shape index (κ2) is 7.19. The maximum Gasteiger partial charge on any atom is 0.282 e. The molecule has 1 aromatic heterocycles. The second-order valence-electron chi connectivity index (χ2n) is 7.11. The van der Waals surface area contributed by atoms with Crippen molar-refractivity contribution < 1.29 is 9.59 Å². The zero-order chi connectivity index (χ0) is 19.0. The third-order valence-electron chi connectivity index (χ3n) is 5.12. The van der Waals surface area contributed by atoms with Crippen molar-refractivity contribution in [3.63, 3.8) is 0 Å². The highest BCUT2D eigenvalue weighted by molar-refractivity contribution is 7.11. The number of carbonyl (C=O) groups excluding carboxylic acids is 2. The molecule has 1 fully saturated rings. The van der Waals surface area contributed by atoms with Crippen LogP contribution in [0.4, 0.5) is 11.4 Å². The number of rotatable bonds is 4.